The summed E-state index contributed by atoms with van der Waals surface area (Å²) in [6.45, 7) is 1.48. The highest BCUT2D eigenvalue weighted by Gasteiger charge is 2.30. The number of aromatic amines is 1. The van der Waals surface area contributed by atoms with Gasteiger partial charge in [0.25, 0.3) is 0 Å². The standard InChI is InChI=1S/C18H17F2N3O2S.ClH/c19-14-1-4-18(16(20)12-14)26(24,25)23-9-7-22(8-10-23)15-2-3-17-13(11-15)5-6-21-17;/h1-6,11-12,21H,7-10H2;1H. The Hall–Kier alpha value is -2.16. The summed E-state index contributed by atoms with van der Waals surface area (Å²) in [6, 6.07) is 10.5. The van der Waals surface area contributed by atoms with Gasteiger partial charge in [-0.15, -0.1) is 12.4 Å². The van der Waals surface area contributed by atoms with E-state index < -0.39 is 26.6 Å². The molecule has 1 aliphatic heterocycles. The Labute approximate surface area is 162 Å². The first kappa shape index (κ1) is 19.6. The molecular weight excluding hydrogens is 396 g/mol. The Morgan fingerprint density at radius 2 is 1.67 bits per heavy atom. The second-order valence-corrected chi connectivity index (χ2v) is 8.12. The third-order valence-electron chi connectivity index (χ3n) is 4.65. The van der Waals surface area contributed by atoms with Gasteiger partial charge in [-0.3, -0.25) is 0 Å². The quantitative estimate of drug-likeness (QED) is 0.716. The molecule has 0 amide bonds. The highest BCUT2D eigenvalue weighted by molar-refractivity contribution is 7.89. The number of rotatable bonds is 3. The van der Waals surface area contributed by atoms with Gasteiger partial charge in [0.05, 0.1) is 0 Å². The Kier molecular flexibility index (Phi) is 5.41. The first-order valence-electron chi connectivity index (χ1n) is 8.22. The van der Waals surface area contributed by atoms with Gasteiger partial charge in [-0.05, 0) is 36.4 Å². The second kappa shape index (κ2) is 7.46. The van der Waals surface area contributed by atoms with Crippen molar-refractivity contribution in [2.75, 3.05) is 31.1 Å². The number of H-pyrrole nitrogens is 1. The molecule has 0 aliphatic carbocycles. The van der Waals surface area contributed by atoms with Gasteiger partial charge in [0.15, 0.2) is 0 Å². The smallest absolute Gasteiger partial charge is 0.246 e. The molecule has 5 nitrogen and oxygen atoms in total. The molecule has 3 aromatic rings. The number of nitrogens with one attached hydrogen (secondary N) is 1. The van der Waals surface area contributed by atoms with Crippen LogP contribution in [-0.4, -0.2) is 43.9 Å². The number of hydrogen-bond acceptors (Lipinski definition) is 3. The molecule has 0 radical (unpaired) electrons. The van der Waals surface area contributed by atoms with Crippen LogP contribution >= 0.6 is 12.4 Å². The van der Waals surface area contributed by atoms with Crippen LogP contribution < -0.4 is 4.90 Å². The van der Waals surface area contributed by atoms with E-state index in [1.807, 2.05) is 24.4 Å². The molecule has 0 atom stereocenters. The predicted molar refractivity (Wildman–Crippen MR) is 103 cm³/mol. The maximum Gasteiger partial charge on any atom is 0.246 e. The van der Waals surface area contributed by atoms with Crippen molar-refractivity contribution in [3.8, 4) is 0 Å². The maximum atomic E-state index is 13.9. The number of anilines is 1. The van der Waals surface area contributed by atoms with Crippen LogP contribution in [0.4, 0.5) is 14.5 Å². The molecule has 4 rings (SSSR count). The van der Waals surface area contributed by atoms with Crippen LogP contribution in [0.1, 0.15) is 0 Å². The summed E-state index contributed by atoms with van der Waals surface area (Å²) in [6.07, 6.45) is 1.87. The molecule has 0 saturated carbocycles. The van der Waals surface area contributed by atoms with E-state index in [2.05, 4.69) is 16.0 Å². The average molecular weight is 414 g/mol. The lowest BCUT2D eigenvalue weighted by atomic mass is 10.2. The number of fused-ring (bicyclic) bond motifs is 1. The van der Waals surface area contributed by atoms with Crippen molar-refractivity contribution in [1.82, 2.24) is 9.29 Å². The maximum absolute atomic E-state index is 13.9. The summed E-state index contributed by atoms with van der Waals surface area (Å²) < 4.78 is 53.5. The molecule has 1 aromatic heterocycles. The highest BCUT2D eigenvalue weighted by atomic mass is 35.5. The van der Waals surface area contributed by atoms with E-state index >= 15 is 0 Å². The van der Waals surface area contributed by atoms with Crippen LogP contribution in [0.3, 0.4) is 0 Å². The molecule has 1 saturated heterocycles. The topological polar surface area (TPSA) is 56.4 Å². The summed E-state index contributed by atoms with van der Waals surface area (Å²) in [5, 5.41) is 1.09. The minimum absolute atomic E-state index is 0. The van der Waals surface area contributed by atoms with Crippen LogP contribution in [0.5, 0.6) is 0 Å². The molecule has 0 spiro atoms. The SMILES string of the molecule is Cl.O=S(=O)(c1ccc(F)cc1F)N1CCN(c2ccc3[nH]ccc3c2)CC1. The van der Waals surface area contributed by atoms with Gasteiger partial charge >= 0.3 is 0 Å². The molecule has 27 heavy (non-hydrogen) atoms. The van der Waals surface area contributed by atoms with Gasteiger partial charge in [-0.25, -0.2) is 17.2 Å². The predicted octanol–water partition coefficient (Wildman–Crippen LogP) is 3.38. The zero-order chi connectivity index (χ0) is 18.3. The monoisotopic (exact) mass is 413 g/mol. The number of benzene rings is 2. The third-order valence-corrected chi connectivity index (χ3v) is 6.58. The van der Waals surface area contributed by atoms with Crippen molar-refractivity contribution in [3.63, 3.8) is 0 Å². The van der Waals surface area contributed by atoms with Crippen LogP contribution in [0.25, 0.3) is 10.9 Å². The van der Waals surface area contributed by atoms with E-state index in [0.29, 0.717) is 19.2 Å². The van der Waals surface area contributed by atoms with E-state index in [1.54, 1.807) is 0 Å². The van der Waals surface area contributed by atoms with Gasteiger partial charge in [-0.1, -0.05) is 0 Å². The van der Waals surface area contributed by atoms with Crippen LogP contribution in [0.15, 0.2) is 53.6 Å². The molecule has 9 heteroatoms. The van der Waals surface area contributed by atoms with Crippen molar-refractivity contribution >= 4 is 39.0 Å². The summed E-state index contributed by atoms with van der Waals surface area (Å²) in [4.78, 5) is 4.75. The van der Waals surface area contributed by atoms with Gasteiger partial charge in [0.2, 0.25) is 10.0 Å². The van der Waals surface area contributed by atoms with Gasteiger partial charge in [-0.2, -0.15) is 4.31 Å². The number of hydrogen-bond donors (Lipinski definition) is 1. The first-order chi connectivity index (χ1) is 12.4. The Balaban J connectivity index is 0.00000210. The number of sulfonamides is 1. The summed E-state index contributed by atoms with van der Waals surface area (Å²) in [5.74, 6) is -1.86. The first-order valence-corrected chi connectivity index (χ1v) is 9.66. The molecule has 0 unspecified atom stereocenters. The summed E-state index contributed by atoms with van der Waals surface area (Å²) in [5.41, 5.74) is 2.06. The Bertz CT molecular complexity index is 1060. The van der Waals surface area contributed by atoms with Crippen LogP contribution in [0.2, 0.25) is 0 Å². The summed E-state index contributed by atoms with van der Waals surface area (Å²) >= 11 is 0. The number of halogens is 3. The lowest BCUT2D eigenvalue weighted by Gasteiger charge is -2.35. The van der Waals surface area contributed by atoms with E-state index in [9.17, 15) is 17.2 Å². The van der Waals surface area contributed by atoms with Crippen molar-refractivity contribution in [1.29, 1.82) is 0 Å². The van der Waals surface area contributed by atoms with Crippen LogP contribution in [-0.2, 0) is 10.0 Å². The summed E-state index contributed by atoms with van der Waals surface area (Å²) in [7, 11) is -3.98. The number of nitrogens with zero attached hydrogens (tertiary/aromatic N) is 2. The van der Waals surface area contributed by atoms with E-state index in [4.69, 9.17) is 0 Å². The fraction of sp³-hybridized carbons (Fsp3) is 0.222. The van der Waals surface area contributed by atoms with E-state index in [-0.39, 0.29) is 25.5 Å². The van der Waals surface area contributed by atoms with Crippen molar-refractivity contribution in [3.05, 3.63) is 60.3 Å². The molecule has 0 bridgehead atoms. The number of aromatic nitrogens is 1. The Morgan fingerprint density at radius 3 is 2.37 bits per heavy atom. The minimum atomic E-state index is -3.98. The number of piperazine rings is 1. The van der Waals surface area contributed by atoms with Crippen LogP contribution in [0, 0.1) is 11.6 Å². The highest BCUT2D eigenvalue weighted by Crippen LogP contribution is 2.25. The molecule has 1 aliphatic rings. The van der Waals surface area contributed by atoms with Gasteiger partial charge in [0, 0.05) is 55.0 Å². The van der Waals surface area contributed by atoms with E-state index in [0.717, 1.165) is 28.7 Å². The van der Waals surface area contributed by atoms with Gasteiger partial charge < -0.3 is 9.88 Å². The largest absolute Gasteiger partial charge is 0.369 e. The third kappa shape index (κ3) is 3.65. The lowest BCUT2D eigenvalue weighted by Crippen LogP contribution is -2.48. The second-order valence-electron chi connectivity index (χ2n) is 6.22. The van der Waals surface area contributed by atoms with Crippen molar-refractivity contribution < 1.29 is 17.2 Å². The molecule has 2 heterocycles. The molecule has 144 valence electrons. The Morgan fingerprint density at radius 1 is 0.926 bits per heavy atom. The van der Waals surface area contributed by atoms with E-state index in [1.165, 1.54) is 4.31 Å². The zero-order valence-electron chi connectivity index (χ0n) is 14.2. The fourth-order valence-electron chi connectivity index (χ4n) is 3.25. The molecular formula is C18H18ClF2N3O2S. The zero-order valence-corrected chi connectivity index (χ0v) is 15.9. The van der Waals surface area contributed by atoms with Crippen molar-refractivity contribution in [2.24, 2.45) is 0 Å². The lowest BCUT2D eigenvalue weighted by molar-refractivity contribution is 0.382. The average Bonchev–Trinajstić information content (AvgIpc) is 3.09. The molecule has 1 fully saturated rings. The molecule has 2 aromatic carbocycles. The van der Waals surface area contributed by atoms with Crippen molar-refractivity contribution in [2.45, 2.75) is 4.90 Å². The minimum Gasteiger partial charge on any atom is -0.369 e. The fourth-order valence-corrected chi connectivity index (χ4v) is 4.72. The normalized spacial score (nSPS) is 15.7. The molecule has 1 N–H and O–H groups in total. The van der Waals surface area contributed by atoms with Gasteiger partial charge in [0.1, 0.15) is 16.5 Å².